The molecule has 1 N–H and O–H groups in total. The maximum Gasteiger partial charge on any atom is 0.362 e. The van der Waals surface area contributed by atoms with E-state index >= 15 is 0 Å². The van der Waals surface area contributed by atoms with Crippen LogP contribution in [0.25, 0.3) is 28.1 Å². The molecule has 1 aromatic heterocycles. The Morgan fingerprint density at radius 3 is 2.48 bits per heavy atom. The van der Waals surface area contributed by atoms with Gasteiger partial charge in [-0.3, -0.25) is 5.32 Å². The Morgan fingerprint density at radius 1 is 0.871 bits per heavy atom. The summed E-state index contributed by atoms with van der Waals surface area (Å²) in [6, 6.07) is 27.5. The SMILES string of the molecule is COc1ccccc1-c1cn(-c2cccc(-c3ccccc3)c2)c2[n+]1CCCCN2.[Cl-]. The van der Waals surface area contributed by atoms with Gasteiger partial charge in [0.15, 0.2) is 0 Å². The lowest BCUT2D eigenvalue weighted by molar-refractivity contribution is -0.670. The first-order valence-corrected chi connectivity index (χ1v) is 10.5. The minimum Gasteiger partial charge on any atom is -1.00 e. The van der Waals surface area contributed by atoms with Gasteiger partial charge in [-0.15, -0.1) is 0 Å². The van der Waals surface area contributed by atoms with Crippen molar-refractivity contribution in [2.45, 2.75) is 19.4 Å². The molecule has 3 aromatic carbocycles. The zero-order valence-corrected chi connectivity index (χ0v) is 18.3. The van der Waals surface area contributed by atoms with Gasteiger partial charge in [0.25, 0.3) is 0 Å². The maximum absolute atomic E-state index is 5.67. The Balaban J connectivity index is 0.00000231. The number of halogens is 1. The van der Waals surface area contributed by atoms with Gasteiger partial charge in [-0.25, -0.2) is 9.13 Å². The predicted molar refractivity (Wildman–Crippen MR) is 121 cm³/mol. The fourth-order valence-electron chi connectivity index (χ4n) is 4.23. The lowest BCUT2D eigenvalue weighted by atomic mass is 10.1. The highest BCUT2D eigenvalue weighted by Crippen LogP contribution is 2.32. The number of ether oxygens (including phenoxy) is 1. The molecule has 0 fully saturated rings. The molecule has 4 nitrogen and oxygen atoms in total. The summed E-state index contributed by atoms with van der Waals surface area (Å²) in [5.41, 5.74) is 5.87. The van der Waals surface area contributed by atoms with Crippen molar-refractivity contribution < 1.29 is 21.7 Å². The molecule has 1 aliphatic rings. The monoisotopic (exact) mass is 431 g/mol. The van der Waals surface area contributed by atoms with Crippen LogP contribution in [0.2, 0.25) is 0 Å². The molecule has 5 rings (SSSR count). The van der Waals surface area contributed by atoms with E-state index < -0.39 is 0 Å². The van der Waals surface area contributed by atoms with Crippen LogP contribution in [0.15, 0.2) is 85.1 Å². The van der Waals surface area contributed by atoms with Crippen LogP contribution in [0.1, 0.15) is 12.8 Å². The molecular formula is C26H26ClN3O. The molecule has 0 saturated carbocycles. The van der Waals surface area contributed by atoms with Gasteiger partial charge in [-0.05, 0) is 48.2 Å². The number of imidazole rings is 1. The van der Waals surface area contributed by atoms with Crippen LogP contribution in [0.3, 0.4) is 0 Å². The highest BCUT2D eigenvalue weighted by molar-refractivity contribution is 5.68. The minimum absolute atomic E-state index is 0. The van der Waals surface area contributed by atoms with Crippen LogP contribution in [0.4, 0.5) is 5.95 Å². The molecule has 31 heavy (non-hydrogen) atoms. The van der Waals surface area contributed by atoms with Crippen molar-refractivity contribution in [2.24, 2.45) is 0 Å². The van der Waals surface area contributed by atoms with Gasteiger partial charge >= 0.3 is 5.95 Å². The van der Waals surface area contributed by atoms with Crippen LogP contribution in [-0.2, 0) is 6.54 Å². The summed E-state index contributed by atoms with van der Waals surface area (Å²) in [5, 5.41) is 3.66. The second-order valence-corrected chi connectivity index (χ2v) is 7.61. The summed E-state index contributed by atoms with van der Waals surface area (Å²) in [7, 11) is 1.74. The molecule has 4 aromatic rings. The summed E-state index contributed by atoms with van der Waals surface area (Å²) in [5.74, 6) is 2.02. The molecular weight excluding hydrogens is 406 g/mol. The fraction of sp³-hybridized carbons (Fsp3) is 0.192. The van der Waals surface area contributed by atoms with Gasteiger partial charge in [-0.2, -0.15) is 0 Å². The summed E-state index contributed by atoms with van der Waals surface area (Å²) in [6.45, 7) is 1.97. The van der Waals surface area contributed by atoms with Crippen LogP contribution in [0.5, 0.6) is 5.75 Å². The van der Waals surface area contributed by atoms with Crippen LogP contribution in [-0.4, -0.2) is 18.2 Å². The van der Waals surface area contributed by atoms with Crippen molar-refractivity contribution >= 4 is 5.95 Å². The van der Waals surface area contributed by atoms with Crippen molar-refractivity contribution in [3.05, 3.63) is 85.1 Å². The Morgan fingerprint density at radius 2 is 1.65 bits per heavy atom. The average molecular weight is 432 g/mol. The van der Waals surface area contributed by atoms with Gasteiger partial charge in [0.05, 0.1) is 25.8 Å². The maximum atomic E-state index is 5.67. The fourth-order valence-corrected chi connectivity index (χ4v) is 4.23. The number of benzene rings is 3. The van der Waals surface area contributed by atoms with Crippen molar-refractivity contribution in [3.8, 4) is 33.8 Å². The minimum atomic E-state index is 0. The van der Waals surface area contributed by atoms with E-state index in [9.17, 15) is 0 Å². The molecule has 0 aliphatic carbocycles. The van der Waals surface area contributed by atoms with Crippen LogP contribution in [0, 0.1) is 0 Å². The molecule has 0 atom stereocenters. The number of para-hydroxylation sites is 1. The second kappa shape index (κ2) is 9.27. The van der Waals surface area contributed by atoms with Crippen molar-refractivity contribution in [2.75, 3.05) is 19.0 Å². The molecule has 0 bridgehead atoms. The predicted octanol–water partition coefficient (Wildman–Crippen LogP) is 2.32. The molecule has 0 radical (unpaired) electrons. The smallest absolute Gasteiger partial charge is 0.362 e. The first-order chi connectivity index (χ1) is 14.8. The Labute approximate surface area is 189 Å². The topological polar surface area (TPSA) is 30.1 Å². The van der Waals surface area contributed by atoms with Gasteiger partial charge in [0.1, 0.15) is 23.3 Å². The molecule has 0 amide bonds. The number of nitrogens with one attached hydrogen (secondary N) is 1. The number of hydrogen-bond acceptors (Lipinski definition) is 2. The van der Waals surface area contributed by atoms with Crippen molar-refractivity contribution in [1.82, 2.24) is 4.57 Å². The number of aromatic nitrogens is 2. The number of hydrogen-bond donors (Lipinski definition) is 1. The molecule has 1 aliphatic heterocycles. The van der Waals surface area contributed by atoms with E-state index in [1.54, 1.807) is 7.11 Å². The summed E-state index contributed by atoms with van der Waals surface area (Å²) >= 11 is 0. The van der Waals surface area contributed by atoms with E-state index in [1.165, 1.54) is 16.8 Å². The second-order valence-electron chi connectivity index (χ2n) is 7.61. The quantitative estimate of drug-likeness (QED) is 0.503. The van der Waals surface area contributed by atoms with E-state index in [4.69, 9.17) is 4.74 Å². The number of rotatable bonds is 4. The summed E-state index contributed by atoms with van der Waals surface area (Å²) < 4.78 is 10.3. The molecule has 0 unspecified atom stereocenters. The highest BCUT2D eigenvalue weighted by atomic mass is 35.5. The van der Waals surface area contributed by atoms with E-state index in [0.29, 0.717) is 0 Å². The number of fused-ring (bicyclic) bond motifs is 1. The number of nitrogens with zero attached hydrogens (tertiary/aromatic N) is 2. The number of methoxy groups -OCH3 is 1. The third-order valence-corrected chi connectivity index (χ3v) is 5.73. The largest absolute Gasteiger partial charge is 1.00 e. The molecule has 158 valence electrons. The summed E-state index contributed by atoms with van der Waals surface area (Å²) in [6.07, 6.45) is 4.55. The Bertz CT molecular complexity index is 1170. The lowest BCUT2D eigenvalue weighted by Crippen LogP contribution is -3.00. The third kappa shape index (κ3) is 4.04. The van der Waals surface area contributed by atoms with Gasteiger partial charge < -0.3 is 17.1 Å². The van der Waals surface area contributed by atoms with Gasteiger partial charge in [0.2, 0.25) is 0 Å². The first kappa shape index (κ1) is 21.0. The summed E-state index contributed by atoms with van der Waals surface area (Å²) in [4.78, 5) is 0. The molecule has 5 heteroatoms. The standard InChI is InChI=1S/C26H25N3O.ClH/c1-30-25-15-6-5-14-23(25)24-19-29(26-27-16-7-8-17-28(24)26)22-13-9-12-21(18-22)20-10-3-2-4-11-20;/h2-6,9-15,18-19H,7-8,16-17H2,1H3;1H. The average Bonchev–Trinajstić information content (AvgIpc) is 3.00. The van der Waals surface area contributed by atoms with Gasteiger partial charge in [-0.1, -0.05) is 54.6 Å². The Kier molecular flexibility index (Phi) is 6.28. The van der Waals surface area contributed by atoms with Crippen molar-refractivity contribution in [1.29, 1.82) is 0 Å². The lowest BCUT2D eigenvalue weighted by Gasteiger charge is -2.08. The molecule has 2 heterocycles. The zero-order valence-electron chi connectivity index (χ0n) is 17.6. The molecule has 0 saturated heterocycles. The van der Waals surface area contributed by atoms with E-state index in [0.717, 1.165) is 48.9 Å². The van der Waals surface area contributed by atoms with E-state index in [2.05, 4.69) is 87.4 Å². The third-order valence-electron chi connectivity index (χ3n) is 5.73. The first-order valence-electron chi connectivity index (χ1n) is 10.5. The van der Waals surface area contributed by atoms with E-state index in [1.807, 2.05) is 12.1 Å². The molecule has 0 spiro atoms. The van der Waals surface area contributed by atoms with E-state index in [-0.39, 0.29) is 12.4 Å². The normalized spacial score (nSPS) is 12.8. The highest BCUT2D eigenvalue weighted by Gasteiger charge is 2.27. The van der Waals surface area contributed by atoms with Crippen molar-refractivity contribution in [3.63, 3.8) is 0 Å². The van der Waals surface area contributed by atoms with Gasteiger partial charge in [0, 0.05) is 0 Å². The number of anilines is 1. The Hall–Kier alpha value is -3.24. The zero-order chi connectivity index (χ0) is 20.3. The van der Waals surface area contributed by atoms with Crippen LogP contribution >= 0.6 is 0 Å². The van der Waals surface area contributed by atoms with Crippen LogP contribution < -0.4 is 27.0 Å².